The van der Waals surface area contributed by atoms with Gasteiger partial charge in [0, 0.05) is 12.8 Å². The van der Waals surface area contributed by atoms with Crippen LogP contribution < -0.4 is 0 Å². The maximum Gasteiger partial charge on any atom is 0.472 e. The lowest BCUT2D eigenvalue weighted by Gasteiger charge is -2.24. The smallest absolute Gasteiger partial charge is 0.462 e. The van der Waals surface area contributed by atoms with E-state index >= 15 is 0 Å². The molecule has 1 N–H and O–H groups in total. The Hall–Kier alpha value is -2.55. The quantitative estimate of drug-likeness (QED) is 0.0211. The van der Waals surface area contributed by atoms with E-state index in [0.29, 0.717) is 17.4 Å². The molecule has 2 unspecified atom stereocenters. The zero-order valence-corrected chi connectivity index (χ0v) is 51.1. The molecule has 0 saturated heterocycles. The second kappa shape index (κ2) is 57.1. The summed E-state index contributed by atoms with van der Waals surface area (Å²) in [6.07, 6.45) is 75.6. The highest BCUT2D eigenvalue weighted by Crippen LogP contribution is 2.43. The zero-order chi connectivity index (χ0) is 55.6. The van der Waals surface area contributed by atoms with Crippen LogP contribution in [0.3, 0.4) is 0 Å². The molecule has 0 rings (SSSR count). The number of rotatable bonds is 58. The van der Waals surface area contributed by atoms with Crippen LogP contribution >= 0.6 is 7.82 Å². The van der Waals surface area contributed by atoms with E-state index in [2.05, 4.69) is 86.8 Å². The molecule has 0 aliphatic carbocycles. The SMILES string of the molecule is CC/C=C\C/C=C\C/C=C\C/C=C\C/C=C\CCCCCCCCCC(=O)OC(COC(=O)CCCCCCCCCCCCCCCCCCC/C=C\CCCCCCCCCC)COP(=O)(O)OCC[N+](C)(C)C. The van der Waals surface area contributed by atoms with Crippen LogP contribution in [0.4, 0.5) is 0 Å². The van der Waals surface area contributed by atoms with Gasteiger partial charge in [-0.25, -0.2) is 4.57 Å². The highest BCUT2D eigenvalue weighted by Gasteiger charge is 2.27. The van der Waals surface area contributed by atoms with Crippen molar-refractivity contribution in [1.82, 2.24) is 0 Å². The minimum atomic E-state index is -4.39. The molecule has 0 saturated carbocycles. The molecule has 2 atom stereocenters. The van der Waals surface area contributed by atoms with Crippen LogP contribution in [-0.4, -0.2) is 74.9 Å². The van der Waals surface area contributed by atoms with Gasteiger partial charge in [0.2, 0.25) is 0 Å². The lowest BCUT2D eigenvalue weighted by atomic mass is 10.0. The summed E-state index contributed by atoms with van der Waals surface area (Å²) in [7, 11) is 1.47. The average Bonchev–Trinajstić information content (AvgIpc) is 3.38. The van der Waals surface area contributed by atoms with E-state index in [9.17, 15) is 19.0 Å². The maximum absolute atomic E-state index is 12.8. The highest BCUT2D eigenvalue weighted by atomic mass is 31.2. The van der Waals surface area contributed by atoms with E-state index in [1.165, 1.54) is 173 Å². The summed E-state index contributed by atoms with van der Waals surface area (Å²) in [6.45, 7) is 4.33. The molecule has 0 aliphatic heterocycles. The molecule has 0 amide bonds. The minimum absolute atomic E-state index is 0.0273. The summed E-state index contributed by atoms with van der Waals surface area (Å²) in [5, 5.41) is 0. The summed E-state index contributed by atoms with van der Waals surface area (Å²) >= 11 is 0. The van der Waals surface area contributed by atoms with E-state index in [4.69, 9.17) is 18.5 Å². The van der Waals surface area contributed by atoms with Crippen molar-refractivity contribution in [1.29, 1.82) is 0 Å². The Morgan fingerprint density at radius 1 is 0.421 bits per heavy atom. The largest absolute Gasteiger partial charge is 0.472 e. The third-order valence-corrected chi connectivity index (χ3v) is 14.7. The fraction of sp³-hybridized carbons (Fsp3) is 0.788. The van der Waals surface area contributed by atoms with Gasteiger partial charge in [-0.3, -0.25) is 18.6 Å². The van der Waals surface area contributed by atoms with Crippen LogP contribution in [0.1, 0.15) is 284 Å². The summed E-state index contributed by atoms with van der Waals surface area (Å²) in [5.41, 5.74) is 0. The van der Waals surface area contributed by atoms with E-state index in [0.717, 1.165) is 77.0 Å². The molecule has 9 nitrogen and oxygen atoms in total. The third-order valence-electron chi connectivity index (χ3n) is 13.7. The van der Waals surface area contributed by atoms with Crippen molar-refractivity contribution in [2.24, 2.45) is 0 Å². The van der Waals surface area contributed by atoms with Crippen molar-refractivity contribution in [3.63, 3.8) is 0 Å². The van der Waals surface area contributed by atoms with Crippen LogP contribution in [0.2, 0.25) is 0 Å². The van der Waals surface area contributed by atoms with E-state index in [1.54, 1.807) is 0 Å². The fourth-order valence-electron chi connectivity index (χ4n) is 8.86. The van der Waals surface area contributed by atoms with Gasteiger partial charge in [-0.1, -0.05) is 260 Å². The molecule has 0 heterocycles. The van der Waals surface area contributed by atoms with Crippen molar-refractivity contribution in [2.45, 2.75) is 290 Å². The Balaban J connectivity index is 4.10. The van der Waals surface area contributed by atoms with Gasteiger partial charge in [0.05, 0.1) is 27.7 Å². The minimum Gasteiger partial charge on any atom is -0.462 e. The topological polar surface area (TPSA) is 108 Å². The highest BCUT2D eigenvalue weighted by molar-refractivity contribution is 7.47. The van der Waals surface area contributed by atoms with Gasteiger partial charge < -0.3 is 18.9 Å². The predicted octanol–water partition coefficient (Wildman–Crippen LogP) is 20.0. The molecule has 0 spiro atoms. The van der Waals surface area contributed by atoms with Gasteiger partial charge >= 0.3 is 19.8 Å². The Morgan fingerprint density at radius 2 is 0.750 bits per heavy atom. The van der Waals surface area contributed by atoms with Crippen molar-refractivity contribution < 1.29 is 42.1 Å². The normalized spacial score (nSPS) is 13.7. The molecule has 0 radical (unpaired) electrons. The summed E-state index contributed by atoms with van der Waals surface area (Å²) in [4.78, 5) is 35.8. The molecule has 76 heavy (non-hydrogen) atoms. The van der Waals surface area contributed by atoms with Crippen molar-refractivity contribution in [3.05, 3.63) is 72.9 Å². The molecular weight excluding hydrogens is 966 g/mol. The number of phosphoric ester groups is 1. The van der Waals surface area contributed by atoms with Gasteiger partial charge in [-0.15, -0.1) is 0 Å². The number of hydrogen-bond acceptors (Lipinski definition) is 7. The first-order chi connectivity index (χ1) is 37.0. The molecular formula is C66H121NO8P+. The lowest BCUT2D eigenvalue weighted by molar-refractivity contribution is -0.870. The van der Waals surface area contributed by atoms with Gasteiger partial charge in [0.1, 0.15) is 19.8 Å². The van der Waals surface area contributed by atoms with Gasteiger partial charge in [-0.05, 0) is 83.5 Å². The van der Waals surface area contributed by atoms with Crippen LogP contribution in [0.5, 0.6) is 0 Å². The monoisotopic (exact) mass is 1090 g/mol. The van der Waals surface area contributed by atoms with Crippen molar-refractivity contribution in [3.8, 4) is 0 Å². The second-order valence-corrected chi connectivity index (χ2v) is 23.9. The molecule has 0 aliphatic rings. The Labute approximate surface area is 469 Å². The van der Waals surface area contributed by atoms with Gasteiger partial charge in [-0.2, -0.15) is 0 Å². The molecule has 10 heteroatoms. The third kappa shape index (κ3) is 60.7. The molecule has 442 valence electrons. The van der Waals surface area contributed by atoms with E-state index in [-0.39, 0.29) is 32.0 Å². The molecule has 0 aromatic carbocycles. The van der Waals surface area contributed by atoms with Crippen LogP contribution in [0.15, 0.2) is 72.9 Å². The Bertz CT molecular complexity index is 1510. The molecule has 0 bridgehead atoms. The van der Waals surface area contributed by atoms with E-state index < -0.39 is 26.5 Å². The summed E-state index contributed by atoms with van der Waals surface area (Å²) in [5.74, 6) is -0.803. The number of esters is 2. The van der Waals surface area contributed by atoms with Gasteiger partial charge in [0.25, 0.3) is 0 Å². The Morgan fingerprint density at radius 3 is 1.13 bits per heavy atom. The van der Waals surface area contributed by atoms with Crippen molar-refractivity contribution in [2.75, 3.05) is 47.5 Å². The first-order valence-electron chi connectivity index (χ1n) is 31.7. The average molecular weight is 1090 g/mol. The standard InChI is InChI=1S/C66H120NO8P/c1-6-8-10-12-14-16-18-20-22-24-26-28-30-31-32-33-34-35-37-38-40-42-44-46-48-50-52-54-56-58-65(68)72-62-64(63-74-76(70,71)73-61-60-67(3,4)5)75-66(69)59-57-55-53-51-49-47-45-43-41-39-36-29-27-25-23-21-19-17-15-13-11-9-7-2/h9,11,15,17,21,23-24,26-27,29,39,41,64H,6-8,10,12-14,16,18-20,22,25,28,30-38,40,42-63H2,1-5H3/p+1/b11-9-,17-15-,23-21-,26-24-,29-27-,41-39-. The number of quaternary nitrogens is 1. The van der Waals surface area contributed by atoms with Crippen LogP contribution in [0.25, 0.3) is 0 Å². The fourth-order valence-corrected chi connectivity index (χ4v) is 9.60. The Kier molecular flexibility index (Phi) is 55.2. The molecule has 0 fully saturated rings. The number of allylic oxidation sites excluding steroid dienone is 12. The summed E-state index contributed by atoms with van der Waals surface area (Å²) < 4.78 is 34.6. The van der Waals surface area contributed by atoms with Gasteiger partial charge in [0.15, 0.2) is 6.10 Å². The number of carbonyl (C=O) groups excluding carboxylic acids is 2. The predicted molar refractivity (Wildman–Crippen MR) is 326 cm³/mol. The maximum atomic E-state index is 12.8. The lowest BCUT2D eigenvalue weighted by Crippen LogP contribution is -2.37. The number of carbonyl (C=O) groups is 2. The van der Waals surface area contributed by atoms with Crippen LogP contribution in [0, 0.1) is 0 Å². The van der Waals surface area contributed by atoms with Crippen molar-refractivity contribution >= 4 is 19.8 Å². The number of likely N-dealkylation sites (N-methyl/N-ethyl adjacent to an activating group) is 1. The number of hydrogen-bond donors (Lipinski definition) is 1. The first kappa shape index (κ1) is 73.5. The molecule has 0 aromatic heterocycles. The number of phosphoric acid groups is 1. The summed E-state index contributed by atoms with van der Waals surface area (Å²) in [6, 6.07) is 0. The zero-order valence-electron chi connectivity index (χ0n) is 50.2. The van der Waals surface area contributed by atoms with Crippen LogP contribution in [-0.2, 0) is 32.7 Å². The number of ether oxygens (including phenoxy) is 2. The van der Waals surface area contributed by atoms with E-state index in [1.807, 2.05) is 21.1 Å². The number of nitrogens with zero attached hydrogens (tertiary/aromatic N) is 1. The number of unbranched alkanes of at least 4 members (excludes halogenated alkanes) is 32. The second-order valence-electron chi connectivity index (χ2n) is 22.4. The molecule has 0 aromatic rings. The first-order valence-corrected chi connectivity index (χ1v) is 33.2.